The molecule has 0 unspecified atom stereocenters. The molecule has 2 aromatic carbocycles. The number of primary amides is 1. The summed E-state index contributed by atoms with van der Waals surface area (Å²) in [6, 6.07) is 7.03. The summed E-state index contributed by atoms with van der Waals surface area (Å²) in [5, 5.41) is 14.3. The van der Waals surface area contributed by atoms with Crippen LogP contribution in [0.25, 0.3) is 11.1 Å². The van der Waals surface area contributed by atoms with Crippen LogP contribution >= 0.6 is 0 Å². The Hall–Kier alpha value is -3.26. The number of amides is 3. The molecule has 7 nitrogen and oxygen atoms in total. The number of aliphatic hydroxyl groups is 1. The molecule has 0 aliphatic rings. The number of rotatable bonds is 8. The van der Waals surface area contributed by atoms with E-state index in [1.165, 1.54) is 31.2 Å². The van der Waals surface area contributed by atoms with Gasteiger partial charge in [0.1, 0.15) is 5.82 Å². The molecular weight excluding hydrogens is 413 g/mol. The highest BCUT2D eigenvalue weighted by Crippen LogP contribution is 2.30. The topological polar surface area (TPSA) is 122 Å². The summed E-state index contributed by atoms with van der Waals surface area (Å²) in [4.78, 5) is 37.1. The van der Waals surface area contributed by atoms with Crippen LogP contribution in [0, 0.1) is 18.2 Å². The Kier molecular flexibility index (Phi) is 8.10. The average Bonchev–Trinajstić information content (AvgIpc) is 2.73. The van der Waals surface area contributed by atoms with Gasteiger partial charge < -0.3 is 21.5 Å². The van der Waals surface area contributed by atoms with E-state index in [9.17, 15) is 18.8 Å². The van der Waals surface area contributed by atoms with Crippen LogP contribution in [0.4, 0.5) is 4.39 Å². The van der Waals surface area contributed by atoms with E-state index >= 15 is 0 Å². The third-order valence-electron chi connectivity index (χ3n) is 4.84. The van der Waals surface area contributed by atoms with Gasteiger partial charge in [0.05, 0.1) is 0 Å². The Labute approximate surface area is 187 Å². The number of nitrogens with two attached hydrogens (primary N) is 1. The third kappa shape index (κ3) is 6.37. The van der Waals surface area contributed by atoms with Gasteiger partial charge in [-0.3, -0.25) is 14.4 Å². The Bertz CT molecular complexity index is 1030. The molecule has 172 valence electrons. The molecule has 8 heteroatoms. The summed E-state index contributed by atoms with van der Waals surface area (Å²) in [5.74, 6) is -2.24. The van der Waals surface area contributed by atoms with Gasteiger partial charge in [0.25, 0.3) is 11.8 Å². The summed E-state index contributed by atoms with van der Waals surface area (Å²) in [5.41, 5.74) is 6.71. The molecule has 32 heavy (non-hydrogen) atoms. The minimum atomic E-state index is -0.775. The molecule has 0 aliphatic carbocycles. The first-order chi connectivity index (χ1) is 14.9. The van der Waals surface area contributed by atoms with Crippen LogP contribution < -0.4 is 16.4 Å². The lowest BCUT2D eigenvalue weighted by Gasteiger charge is -2.19. The van der Waals surface area contributed by atoms with Gasteiger partial charge in [0.2, 0.25) is 5.91 Å². The van der Waals surface area contributed by atoms with Gasteiger partial charge in [-0.1, -0.05) is 26.8 Å². The van der Waals surface area contributed by atoms with Crippen LogP contribution in [-0.2, 0) is 0 Å². The molecular formula is C24H30FN3O4. The molecule has 0 aromatic heterocycles. The van der Waals surface area contributed by atoms with Crippen LogP contribution in [-0.4, -0.2) is 42.5 Å². The maximum Gasteiger partial charge on any atom is 0.251 e. The van der Waals surface area contributed by atoms with Gasteiger partial charge in [-0.05, 0) is 59.7 Å². The van der Waals surface area contributed by atoms with Crippen molar-refractivity contribution < 1.29 is 23.9 Å². The second-order valence-electron chi connectivity index (χ2n) is 8.83. The predicted octanol–water partition coefficient (Wildman–Crippen LogP) is 2.79. The van der Waals surface area contributed by atoms with E-state index in [0.29, 0.717) is 24.1 Å². The molecule has 0 fully saturated rings. The molecule has 0 spiro atoms. The molecule has 2 rings (SSSR count). The van der Waals surface area contributed by atoms with E-state index in [2.05, 4.69) is 10.6 Å². The van der Waals surface area contributed by atoms with Gasteiger partial charge >= 0.3 is 0 Å². The van der Waals surface area contributed by atoms with Crippen molar-refractivity contribution in [3.05, 3.63) is 58.4 Å². The Morgan fingerprint density at radius 3 is 2.25 bits per heavy atom. The van der Waals surface area contributed by atoms with Crippen LogP contribution in [0.1, 0.15) is 63.8 Å². The van der Waals surface area contributed by atoms with Crippen LogP contribution in [0.3, 0.4) is 0 Å². The largest absolute Gasteiger partial charge is 0.396 e. The van der Waals surface area contributed by atoms with Crippen molar-refractivity contribution in [2.75, 3.05) is 19.7 Å². The van der Waals surface area contributed by atoms with E-state index in [-0.39, 0.29) is 46.7 Å². The number of nitrogens with one attached hydrogen (secondary N) is 2. The first kappa shape index (κ1) is 25.0. The number of halogens is 1. The van der Waals surface area contributed by atoms with E-state index in [1.54, 1.807) is 0 Å². The fraction of sp³-hybridized carbons (Fsp3) is 0.375. The van der Waals surface area contributed by atoms with E-state index in [0.717, 1.165) is 6.07 Å². The smallest absolute Gasteiger partial charge is 0.251 e. The second kappa shape index (κ2) is 10.4. The maximum atomic E-state index is 14.6. The zero-order chi connectivity index (χ0) is 24.1. The van der Waals surface area contributed by atoms with Gasteiger partial charge in [-0.15, -0.1) is 0 Å². The molecule has 0 bridgehead atoms. The van der Waals surface area contributed by atoms with E-state index < -0.39 is 17.6 Å². The molecule has 0 aliphatic heterocycles. The number of hydrogen-bond donors (Lipinski definition) is 4. The summed E-state index contributed by atoms with van der Waals surface area (Å²) < 4.78 is 14.6. The van der Waals surface area contributed by atoms with Gasteiger partial charge in [0.15, 0.2) is 0 Å². The summed E-state index contributed by atoms with van der Waals surface area (Å²) >= 11 is 0. The number of carbonyl (C=O) groups excluding carboxylic acids is 3. The van der Waals surface area contributed by atoms with Crippen LogP contribution in [0.2, 0.25) is 0 Å². The fourth-order valence-corrected chi connectivity index (χ4v) is 3.04. The van der Waals surface area contributed by atoms with Crippen molar-refractivity contribution >= 4 is 17.7 Å². The average molecular weight is 444 g/mol. The maximum absolute atomic E-state index is 14.6. The molecule has 0 radical (unpaired) electrons. The van der Waals surface area contributed by atoms with Crippen molar-refractivity contribution in [1.29, 1.82) is 0 Å². The third-order valence-corrected chi connectivity index (χ3v) is 4.84. The standard InChI is InChI=1S/C24H30FN3O4/c1-14-18(11-16(12-20(14)25)23(32)27-8-5-9-29)17-7-6-15(10-19(17)21(26)30)22(31)28-13-24(2,3)4/h6-7,10-12,29H,5,8-9,13H2,1-4H3,(H2,26,30)(H,27,32)(H,28,31). The number of benzene rings is 2. The normalized spacial score (nSPS) is 11.2. The lowest BCUT2D eigenvalue weighted by molar-refractivity contribution is 0.0935. The highest BCUT2D eigenvalue weighted by Gasteiger charge is 2.20. The highest BCUT2D eigenvalue weighted by atomic mass is 19.1. The van der Waals surface area contributed by atoms with Crippen molar-refractivity contribution in [2.24, 2.45) is 11.1 Å². The zero-order valence-electron chi connectivity index (χ0n) is 18.8. The predicted molar refractivity (Wildman–Crippen MR) is 121 cm³/mol. The van der Waals surface area contributed by atoms with Crippen molar-refractivity contribution in [2.45, 2.75) is 34.1 Å². The number of hydrogen-bond acceptors (Lipinski definition) is 4. The zero-order valence-corrected chi connectivity index (χ0v) is 18.8. The van der Waals surface area contributed by atoms with Crippen molar-refractivity contribution in [1.82, 2.24) is 10.6 Å². The molecule has 0 saturated carbocycles. The van der Waals surface area contributed by atoms with E-state index in [1.807, 2.05) is 20.8 Å². The van der Waals surface area contributed by atoms with Gasteiger partial charge in [0, 0.05) is 36.4 Å². The van der Waals surface area contributed by atoms with E-state index in [4.69, 9.17) is 10.8 Å². The minimum absolute atomic E-state index is 0.0498. The molecule has 0 atom stereocenters. The molecule has 0 saturated heterocycles. The Morgan fingerprint density at radius 2 is 1.66 bits per heavy atom. The van der Waals surface area contributed by atoms with Crippen LogP contribution in [0.15, 0.2) is 30.3 Å². The monoisotopic (exact) mass is 443 g/mol. The van der Waals surface area contributed by atoms with Crippen LogP contribution in [0.5, 0.6) is 0 Å². The summed E-state index contributed by atoms with van der Waals surface area (Å²) in [7, 11) is 0. The highest BCUT2D eigenvalue weighted by molar-refractivity contribution is 6.04. The van der Waals surface area contributed by atoms with Crippen molar-refractivity contribution in [3.63, 3.8) is 0 Å². The fourth-order valence-electron chi connectivity index (χ4n) is 3.04. The lowest BCUT2D eigenvalue weighted by atomic mass is 9.92. The number of aliphatic hydroxyl groups excluding tert-OH is 1. The molecule has 5 N–H and O–H groups in total. The first-order valence-electron chi connectivity index (χ1n) is 10.4. The van der Waals surface area contributed by atoms with Gasteiger partial charge in [-0.25, -0.2) is 4.39 Å². The summed E-state index contributed by atoms with van der Waals surface area (Å²) in [6.45, 7) is 8.08. The molecule has 3 amide bonds. The number of carbonyl (C=O) groups is 3. The van der Waals surface area contributed by atoms with Gasteiger partial charge in [-0.2, -0.15) is 0 Å². The summed E-state index contributed by atoms with van der Waals surface area (Å²) in [6.07, 6.45) is 0.373. The van der Waals surface area contributed by atoms with Crippen molar-refractivity contribution in [3.8, 4) is 11.1 Å². The quantitative estimate of drug-likeness (QED) is 0.469. The Balaban J connectivity index is 2.47. The lowest BCUT2D eigenvalue weighted by Crippen LogP contribution is -2.32. The second-order valence-corrected chi connectivity index (χ2v) is 8.83. The molecule has 0 heterocycles. The Morgan fingerprint density at radius 1 is 1.00 bits per heavy atom. The first-order valence-corrected chi connectivity index (χ1v) is 10.4. The minimum Gasteiger partial charge on any atom is -0.396 e. The SMILES string of the molecule is Cc1c(F)cc(C(=O)NCCCO)cc1-c1ccc(C(=O)NCC(C)(C)C)cc1C(N)=O. The molecule has 2 aromatic rings.